The van der Waals surface area contributed by atoms with Gasteiger partial charge in [-0.25, -0.2) is 0 Å². The summed E-state index contributed by atoms with van der Waals surface area (Å²) in [4.78, 5) is 0. The first kappa shape index (κ1) is 13.7. The predicted octanol–water partition coefficient (Wildman–Crippen LogP) is 2.76. The van der Waals surface area contributed by atoms with E-state index in [9.17, 15) is 4.21 Å². The first-order valence-corrected chi connectivity index (χ1v) is 7.34. The fraction of sp³-hybridized carbons (Fsp3) is 0.500. The van der Waals surface area contributed by atoms with E-state index in [0.717, 1.165) is 17.3 Å². The number of rotatable bonds is 6. The van der Waals surface area contributed by atoms with Crippen LogP contribution < -0.4 is 5.32 Å². The normalized spacial score (nSPS) is 14.7. The molecule has 1 aromatic carbocycles. The molecule has 1 aromatic rings. The third kappa shape index (κ3) is 4.64. The summed E-state index contributed by atoms with van der Waals surface area (Å²) in [6.45, 7) is 4.82. The molecule has 0 bridgehead atoms. The van der Waals surface area contributed by atoms with E-state index in [0.29, 0.717) is 5.75 Å². The largest absolute Gasteiger partial charge is 0.309 e. The summed E-state index contributed by atoms with van der Waals surface area (Å²) in [7, 11) is -0.687. The summed E-state index contributed by atoms with van der Waals surface area (Å²) in [5.74, 6) is 1.45. The van der Waals surface area contributed by atoms with Crippen LogP contribution in [0.4, 0.5) is 0 Å². The van der Waals surface area contributed by atoms with E-state index in [-0.39, 0.29) is 6.04 Å². The monoisotopic (exact) mass is 259 g/mol. The maximum Gasteiger partial charge on any atom is 0.0406 e. The molecule has 0 amide bonds. The Morgan fingerprint density at radius 2 is 2.00 bits per heavy atom. The summed E-state index contributed by atoms with van der Waals surface area (Å²) in [6.07, 6.45) is 0. The molecule has 0 aliphatic carbocycles. The highest BCUT2D eigenvalue weighted by Gasteiger charge is 2.04. The van der Waals surface area contributed by atoms with E-state index >= 15 is 0 Å². The Labute approximate surface area is 105 Å². The van der Waals surface area contributed by atoms with Crippen LogP contribution in [0, 0.1) is 0 Å². The molecule has 90 valence electrons. The van der Waals surface area contributed by atoms with Gasteiger partial charge in [-0.05, 0) is 24.6 Å². The molecule has 4 heteroatoms. The van der Waals surface area contributed by atoms with Crippen LogP contribution in [0.5, 0.6) is 0 Å². The van der Waals surface area contributed by atoms with E-state index in [4.69, 9.17) is 11.6 Å². The Hall–Kier alpha value is -0.380. The molecule has 0 fully saturated rings. The van der Waals surface area contributed by atoms with Crippen LogP contribution >= 0.6 is 11.6 Å². The van der Waals surface area contributed by atoms with Crippen molar-refractivity contribution < 1.29 is 4.21 Å². The molecule has 0 radical (unpaired) electrons. The SMILES string of the molecule is CCS(=O)CCNC(C)c1ccc(Cl)cc1. The summed E-state index contributed by atoms with van der Waals surface area (Å²) in [5, 5.41) is 4.10. The number of hydrogen-bond acceptors (Lipinski definition) is 2. The first-order chi connectivity index (χ1) is 7.63. The summed E-state index contributed by atoms with van der Waals surface area (Å²) in [5.41, 5.74) is 1.20. The molecule has 1 rings (SSSR count). The zero-order chi connectivity index (χ0) is 12.0. The molecule has 0 aliphatic heterocycles. The Bertz CT molecular complexity index is 339. The minimum Gasteiger partial charge on any atom is -0.309 e. The molecular weight excluding hydrogens is 242 g/mol. The number of hydrogen-bond donors (Lipinski definition) is 1. The lowest BCUT2D eigenvalue weighted by Gasteiger charge is -2.13. The predicted molar refractivity (Wildman–Crippen MR) is 71.4 cm³/mol. The van der Waals surface area contributed by atoms with Gasteiger partial charge < -0.3 is 5.32 Å². The van der Waals surface area contributed by atoms with E-state index in [1.807, 2.05) is 31.2 Å². The molecule has 2 unspecified atom stereocenters. The molecule has 2 atom stereocenters. The fourth-order valence-electron chi connectivity index (χ4n) is 1.40. The van der Waals surface area contributed by atoms with Gasteiger partial charge in [0.05, 0.1) is 0 Å². The summed E-state index contributed by atoms with van der Waals surface area (Å²) >= 11 is 5.82. The van der Waals surface area contributed by atoms with E-state index in [1.54, 1.807) is 0 Å². The van der Waals surface area contributed by atoms with Gasteiger partial charge in [-0.3, -0.25) is 4.21 Å². The van der Waals surface area contributed by atoms with E-state index in [2.05, 4.69) is 12.2 Å². The van der Waals surface area contributed by atoms with Crippen LogP contribution in [0.25, 0.3) is 0 Å². The highest BCUT2D eigenvalue weighted by Crippen LogP contribution is 2.15. The average molecular weight is 260 g/mol. The molecule has 2 nitrogen and oxygen atoms in total. The van der Waals surface area contributed by atoms with Crippen LogP contribution in [-0.2, 0) is 10.8 Å². The average Bonchev–Trinajstić information content (AvgIpc) is 2.29. The maximum atomic E-state index is 11.2. The lowest BCUT2D eigenvalue weighted by molar-refractivity contribution is 0.596. The standard InChI is InChI=1S/C12H18ClNOS/c1-3-16(15)9-8-14-10(2)11-4-6-12(13)7-5-11/h4-7,10,14H,3,8-9H2,1-2H3. The van der Waals surface area contributed by atoms with Crippen LogP contribution in [0.3, 0.4) is 0 Å². The lowest BCUT2D eigenvalue weighted by Crippen LogP contribution is -2.24. The second-order valence-corrected chi connectivity index (χ2v) is 5.96. The van der Waals surface area contributed by atoms with Gasteiger partial charge in [-0.1, -0.05) is 30.7 Å². The minimum absolute atomic E-state index is 0.270. The van der Waals surface area contributed by atoms with Crippen molar-refractivity contribution in [2.24, 2.45) is 0 Å². The Kier molecular flexibility index (Phi) is 6.03. The van der Waals surface area contributed by atoms with Gasteiger partial charge in [0.15, 0.2) is 0 Å². The van der Waals surface area contributed by atoms with Crippen molar-refractivity contribution in [2.45, 2.75) is 19.9 Å². The highest BCUT2D eigenvalue weighted by molar-refractivity contribution is 7.84. The van der Waals surface area contributed by atoms with Crippen LogP contribution in [0.1, 0.15) is 25.5 Å². The number of nitrogens with one attached hydrogen (secondary N) is 1. The van der Waals surface area contributed by atoms with Crippen molar-refractivity contribution in [2.75, 3.05) is 18.1 Å². The van der Waals surface area contributed by atoms with E-state index < -0.39 is 10.8 Å². The van der Waals surface area contributed by atoms with Crippen LogP contribution in [0.15, 0.2) is 24.3 Å². The summed E-state index contributed by atoms with van der Waals surface area (Å²) < 4.78 is 11.2. The Morgan fingerprint density at radius 3 is 2.56 bits per heavy atom. The van der Waals surface area contributed by atoms with Gasteiger partial charge in [-0.15, -0.1) is 0 Å². The second kappa shape index (κ2) is 7.05. The smallest absolute Gasteiger partial charge is 0.0406 e. The maximum absolute atomic E-state index is 11.2. The zero-order valence-electron chi connectivity index (χ0n) is 9.70. The van der Waals surface area contributed by atoms with Gasteiger partial charge >= 0.3 is 0 Å². The molecule has 0 saturated heterocycles. The van der Waals surface area contributed by atoms with E-state index in [1.165, 1.54) is 5.56 Å². The van der Waals surface area contributed by atoms with Gasteiger partial charge in [0.2, 0.25) is 0 Å². The van der Waals surface area contributed by atoms with Gasteiger partial charge in [-0.2, -0.15) is 0 Å². The zero-order valence-corrected chi connectivity index (χ0v) is 11.3. The van der Waals surface area contributed by atoms with Crippen molar-refractivity contribution in [3.8, 4) is 0 Å². The molecule has 1 N–H and O–H groups in total. The third-order valence-corrected chi connectivity index (χ3v) is 4.03. The van der Waals surface area contributed by atoms with Crippen LogP contribution in [-0.4, -0.2) is 22.3 Å². The third-order valence-electron chi connectivity index (χ3n) is 2.47. The van der Waals surface area contributed by atoms with Crippen molar-refractivity contribution in [1.29, 1.82) is 0 Å². The van der Waals surface area contributed by atoms with Gasteiger partial charge in [0.1, 0.15) is 0 Å². The molecule has 0 aliphatic rings. The second-order valence-electron chi connectivity index (χ2n) is 3.66. The minimum atomic E-state index is -0.687. The van der Waals surface area contributed by atoms with Gasteiger partial charge in [0, 0.05) is 39.9 Å². The number of halogens is 1. The quantitative estimate of drug-likeness (QED) is 0.851. The first-order valence-electron chi connectivity index (χ1n) is 5.47. The molecular formula is C12H18ClNOS. The molecule has 0 heterocycles. The number of benzene rings is 1. The Morgan fingerprint density at radius 1 is 1.38 bits per heavy atom. The van der Waals surface area contributed by atoms with Crippen molar-refractivity contribution in [3.05, 3.63) is 34.9 Å². The van der Waals surface area contributed by atoms with Crippen molar-refractivity contribution >= 4 is 22.4 Å². The Balaban J connectivity index is 2.37. The van der Waals surface area contributed by atoms with Gasteiger partial charge in [0.25, 0.3) is 0 Å². The topological polar surface area (TPSA) is 29.1 Å². The van der Waals surface area contributed by atoms with Crippen LogP contribution in [0.2, 0.25) is 5.02 Å². The highest BCUT2D eigenvalue weighted by atomic mass is 35.5. The fourth-order valence-corrected chi connectivity index (χ4v) is 2.16. The molecule has 0 spiro atoms. The molecule has 0 aromatic heterocycles. The van der Waals surface area contributed by atoms with Crippen molar-refractivity contribution in [3.63, 3.8) is 0 Å². The van der Waals surface area contributed by atoms with Crippen molar-refractivity contribution in [1.82, 2.24) is 5.32 Å². The molecule has 0 saturated carbocycles. The molecule has 16 heavy (non-hydrogen) atoms. The summed E-state index contributed by atoms with van der Waals surface area (Å²) in [6, 6.07) is 8.07. The lowest BCUT2D eigenvalue weighted by atomic mass is 10.1.